The van der Waals surface area contributed by atoms with E-state index in [9.17, 15) is 18.0 Å². The minimum Gasteiger partial charge on any atom is -0.320 e. The second kappa shape index (κ2) is 9.85. The smallest absolute Gasteiger partial charge is 0.269 e. The van der Waals surface area contributed by atoms with Crippen molar-refractivity contribution < 1.29 is 18.0 Å². The number of rotatable bonds is 6. The molecule has 172 valence electrons. The number of thiophene rings is 1. The van der Waals surface area contributed by atoms with Gasteiger partial charge in [0.15, 0.2) is 0 Å². The van der Waals surface area contributed by atoms with Crippen LogP contribution in [0.25, 0.3) is 11.1 Å². The van der Waals surface area contributed by atoms with Gasteiger partial charge in [0.25, 0.3) is 11.8 Å². The fraction of sp³-hybridized carbons (Fsp3) is 0. The Morgan fingerprint density at radius 3 is 2.32 bits per heavy atom. The molecule has 0 aliphatic heterocycles. The van der Waals surface area contributed by atoms with E-state index in [1.54, 1.807) is 72.2 Å². The number of primary sulfonamides is 1. The van der Waals surface area contributed by atoms with E-state index in [1.807, 2.05) is 0 Å². The summed E-state index contributed by atoms with van der Waals surface area (Å²) in [6, 6.07) is 17.8. The standard InChI is InChI=1S/C23H17BrN4O4S2/c24-16-9-10-20(26-13-16)28-23(30)21-18(11-12-33-21)27-22(29)15-7-5-14(6-8-15)17-3-1-2-4-19(17)34(25,31)32/h1-13H,(H,27,29)(H2,25,31,32)(H,26,28,30). The average Bonchev–Trinajstić information content (AvgIpc) is 3.28. The number of nitrogens with two attached hydrogens (primary N) is 1. The molecule has 2 aromatic carbocycles. The summed E-state index contributed by atoms with van der Waals surface area (Å²) in [5.41, 5.74) is 1.74. The fourth-order valence-electron chi connectivity index (χ4n) is 3.16. The second-order valence-corrected chi connectivity index (χ2v) is 10.4. The Morgan fingerprint density at radius 2 is 1.65 bits per heavy atom. The van der Waals surface area contributed by atoms with E-state index in [4.69, 9.17) is 5.14 Å². The second-order valence-electron chi connectivity index (χ2n) is 7.05. The Labute approximate surface area is 208 Å². The van der Waals surface area contributed by atoms with Crippen molar-refractivity contribution in [3.8, 4) is 11.1 Å². The zero-order chi connectivity index (χ0) is 24.3. The van der Waals surface area contributed by atoms with E-state index >= 15 is 0 Å². The summed E-state index contributed by atoms with van der Waals surface area (Å²) in [5.74, 6) is -0.426. The van der Waals surface area contributed by atoms with Gasteiger partial charge in [-0.1, -0.05) is 30.3 Å². The van der Waals surface area contributed by atoms with Gasteiger partial charge in [0, 0.05) is 21.8 Å². The number of pyridine rings is 1. The Bertz CT molecular complexity index is 1470. The number of anilines is 2. The van der Waals surface area contributed by atoms with Crippen molar-refractivity contribution in [1.82, 2.24) is 4.98 Å². The number of hydrogen-bond acceptors (Lipinski definition) is 6. The van der Waals surface area contributed by atoms with Crippen LogP contribution in [0.2, 0.25) is 0 Å². The van der Waals surface area contributed by atoms with Gasteiger partial charge in [-0.3, -0.25) is 9.59 Å². The van der Waals surface area contributed by atoms with E-state index in [1.165, 1.54) is 17.4 Å². The average molecular weight is 557 g/mol. The first-order chi connectivity index (χ1) is 16.2. The van der Waals surface area contributed by atoms with Crippen LogP contribution in [0.3, 0.4) is 0 Å². The Morgan fingerprint density at radius 1 is 0.912 bits per heavy atom. The number of carbonyl (C=O) groups excluding carboxylic acids is 2. The molecule has 0 spiro atoms. The summed E-state index contributed by atoms with van der Waals surface area (Å²) in [6.07, 6.45) is 1.57. The largest absolute Gasteiger partial charge is 0.320 e. The van der Waals surface area contributed by atoms with Gasteiger partial charge in [-0.05, 0) is 63.3 Å². The van der Waals surface area contributed by atoms with Crippen molar-refractivity contribution in [2.24, 2.45) is 5.14 Å². The van der Waals surface area contributed by atoms with Gasteiger partial charge in [0.05, 0.1) is 10.6 Å². The van der Waals surface area contributed by atoms with Crippen LogP contribution < -0.4 is 15.8 Å². The first kappa shape index (κ1) is 23.8. The topological polar surface area (TPSA) is 131 Å². The third-order valence-electron chi connectivity index (χ3n) is 4.74. The maximum absolute atomic E-state index is 12.8. The molecule has 0 unspecified atom stereocenters. The molecule has 0 atom stereocenters. The van der Waals surface area contributed by atoms with Gasteiger partial charge in [0.1, 0.15) is 10.7 Å². The number of amides is 2. The summed E-state index contributed by atoms with van der Waals surface area (Å²) < 4.78 is 24.5. The summed E-state index contributed by atoms with van der Waals surface area (Å²) in [5, 5.41) is 12.5. The molecule has 34 heavy (non-hydrogen) atoms. The number of halogens is 1. The van der Waals surface area contributed by atoms with Gasteiger partial charge in [-0.2, -0.15) is 0 Å². The Hall–Kier alpha value is -3.38. The number of nitrogens with one attached hydrogen (secondary N) is 2. The molecule has 11 heteroatoms. The van der Waals surface area contributed by atoms with Crippen molar-refractivity contribution >= 4 is 60.6 Å². The molecule has 0 radical (unpaired) electrons. The molecule has 0 saturated heterocycles. The third kappa shape index (κ3) is 5.39. The summed E-state index contributed by atoms with van der Waals surface area (Å²) in [4.78, 5) is 29.9. The molecule has 4 N–H and O–H groups in total. The van der Waals surface area contributed by atoms with E-state index in [2.05, 4.69) is 31.5 Å². The molecule has 8 nitrogen and oxygen atoms in total. The van der Waals surface area contributed by atoms with Crippen LogP contribution >= 0.6 is 27.3 Å². The van der Waals surface area contributed by atoms with Crippen LogP contribution in [0.4, 0.5) is 11.5 Å². The lowest BCUT2D eigenvalue weighted by atomic mass is 10.0. The van der Waals surface area contributed by atoms with E-state index in [0.29, 0.717) is 33.1 Å². The van der Waals surface area contributed by atoms with Crippen molar-refractivity contribution in [2.75, 3.05) is 10.6 Å². The number of hydrogen-bond donors (Lipinski definition) is 3. The maximum Gasteiger partial charge on any atom is 0.269 e. The minimum atomic E-state index is -3.90. The van der Waals surface area contributed by atoms with Crippen molar-refractivity contribution in [2.45, 2.75) is 4.90 Å². The molecule has 0 fully saturated rings. The molecule has 4 aromatic rings. The predicted molar refractivity (Wildman–Crippen MR) is 135 cm³/mol. The monoisotopic (exact) mass is 556 g/mol. The van der Waals surface area contributed by atoms with Crippen LogP contribution in [-0.4, -0.2) is 25.2 Å². The van der Waals surface area contributed by atoms with Crippen LogP contribution in [0.1, 0.15) is 20.0 Å². The summed E-state index contributed by atoms with van der Waals surface area (Å²) >= 11 is 4.48. The van der Waals surface area contributed by atoms with Gasteiger partial charge >= 0.3 is 0 Å². The van der Waals surface area contributed by atoms with Gasteiger partial charge in [0.2, 0.25) is 10.0 Å². The lowest BCUT2D eigenvalue weighted by Crippen LogP contribution is -2.17. The molecule has 2 heterocycles. The molecular weight excluding hydrogens is 540 g/mol. The van der Waals surface area contributed by atoms with Gasteiger partial charge < -0.3 is 10.6 Å². The predicted octanol–water partition coefficient (Wildman–Crippen LogP) is 4.72. The number of benzene rings is 2. The number of aromatic nitrogens is 1. The maximum atomic E-state index is 12.8. The lowest BCUT2D eigenvalue weighted by molar-refractivity contribution is 0.102. The highest BCUT2D eigenvalue weighted by Crippen LogP contribution is 2.28. The van der Waals surface area contributed by atoms with Gasteiger partial charge in [-0.15, -0.1) is 11.3 Å². The molecule has 4 rings (SSSR count). The van der Waals surface area contributed by atoms with Crippen LogP contribution in [0.15, 0.2) is 87.7 Å². The van der Waals surface area contributed by atoms with E-state index in [0.717, 1.165) is 4.47 Å². The molecule has 2 amide bonds. The van der Waals surface area contributed by atoms with Crippen molar-refractivity contribution in [3.05, 3.63) is 93.2 Å². The van der Waals surface area contributed by atoms with Crippen molar-refractivity contribution in [3.63, 3.8) is 0 Å². The quantitative estimate of drug-likeness (QED) is 0.316. The number of nitrogens with zero attached hydrogens (tertiary/aromatic N) is 1. The van der Waals surface area contributed by atoms with Gasteiger partial charge in [-0.25, -0.2) is 18.5 Å². The minimum absolute atomic E-state index is 0.00129. The van der Waals surface area contributed by atoms with Crippen LogP contribution in [0, 0.1) is 0 Å². The normalized spacial score (nSPS) is 11.1. The zero-order valence-electron chi connectivity index (χ0n) is 17.4. The third-order valence-corrected chi connectivity index (χ3v) is 7.09. The van der Waals surface area contributed by atoms with Crippen LogP contribution in [0.5, 0.6) is 0 Å². The number of carbonyl (C=O) groups is 2. The molecule has 0 aliphatic carbocycles. The van der Waals surface area contributed by atoms with E-state index < -0.39 is 21.8 Å². The molecule has 2 aromatic heterocycles. The molecule has 0 saturated carbocycles. The molecule has 0 bridgehead atoms. The molecule has 0 aliphatic rings. The SMILES string of the molecule is NS(=O)(=O)c1ccccc1-c1ccc(C(=O)Nc2ccsc2C(=O)Nc2ccc(Br)cn2)cc1. The highest BCUT2D eigenvalue weighted by atomic mass is 79.9. The van der Waals surface area contributed by atoms with E-state index in [-0.39, 0.29) is 4.90 Å². The lowest BCUT2D eigenvalue weighted by Gasteiger charge is -2.10. The Kier molecular flexibility index (Phi) is 6.89. The highest BCUT2D eigenvalue weighted by molar-refractivity contribution is 9.10. The molecular formula is C23H17BrN4O4S2. The Balaban J connectivity index is 1.50. The van der Waals surface area contributed by atoms with Crippen LogP contribution in [-0.2, 0) is 10.0 Å². The highest BCUT2D eigenvalue weighted by Gasteiger charge is 2.18. The summed E-state index contributed by atoms with van der Waals surface area (Å²) in [7, 11) is -3.90. The van der Waals surface area contributed by atoms with Crippen molar-refractivity contribution in [1.29, 1.82) is 0 Å². The first-order valence-corrected chi connectivity index (χ1v) is 13.0. The number of sulfonamides is 1. The first-order valence-electron chi connectivity index (χ1n) is 9.76. The zero-order valence-corrected chi connectivity index (χ0v) is 20.6. The fourth-order valence-corrected chi connectivity index (χ4v) is 4.89. The summed E-state index contributed by atoms with van der Waals surface area (Å²) in [6.45, 7) is 0.